The Morgan fingerprint density at radius 2 is 2.05 bits per heavy atom. The maximum Gasteiger partial charge on any atom is 0.229 e. The van der Waals surface area contributed by atoms with Crippen LogP contribution in [0.5, 0.6) is 5.75 Å². The molecule has 0 unspecified atom stereocenters. The Bertz CT molecular complexity index is 663. The molecule has 114 valence electrons. The van der Waals surface area contributed by atoms with Gasteiger partial charge < -0.3 is 29.8 Å². The van der Waals surface area contributed by atoms with E-state index in [0.29, 0.717) is 20.6 Å². The van der Waals surface area contributed by atoms with Crippen molar-refractivity contribution in [3.63, 3.8) is 0 Å². The third-order valence-corrected chi connectivity index (χ3v) is 4.68. The van der Waals surface area contributed by atoms with Gasteiger partial charge in [-0.05, 0) is 28.1 Å². The zero-order valence-corrected chi connectivity index (χ0v) is 13.0. The molecule has 0 bridgehead atoms. The lowest BCUT2D eigenvalue weighted by Gasteiger charge is -2.34. The SMILES string of the molecule is O[C@@H]1[C@@H](O)[C@H](Oc2c[nH]c3ccc(Br)c(Cl)c23)OC[C@H]1O. The molecule has 1 aliphatic rings. The van der Waals surface area contributed by atoms with E-state index in [2.05, 4.69) is 20.9 Å². The van der Waals surface area contributed by atoms with Gasteiger partial charge in [0, 0.05) is 10.7 Å². The molecule has 1 aliphatic heterocycles. The van der Waals surface area contributed by atoms with Crippen LogP contribution in [0.4, 0.5) is 0 Å². The summed E-state index contributed by atoms with van der Waals surface area (Å²) in [5.41, 5.74) is 0.768. The minimum Gasteiger partial charge on any atom is -0.460 e. The molecule has 0 saturated carbocycles. The summed E-state index contributed by atoms with van der Waals surface area (Å²) in [4.78, 5) is 3.00. The largest absolute Gasteiger partial charge is 0.460 e. The lowest BCUT2D eigenvalue weighted by atomic mass is 10.1. The Kier molecular flexibility index (Phi) is 4.13. The molecule has 6 nitrogen and oxygen atoms in total. The Balaban J connectivity index is 1.90. The fourth-order valence-corrected chi connectivity index (χ4v) is 2.82. The van der Waals surface area contributed by atoms with Crippen LogP contribution in [0, 0.1) is 0 Å². The van der Waals surface area contributed by atoms with Crippen LogP contribution in [0.3, 0.4) is 0 Å². The van der Waals surface area contributed by atoms with Crippen molar-refractivity contribution in [3.05, 3.63) is 27.8 Å². The second kappa shape index (κ2) is 5.75. The molecule has 2 aromatic rings. The average molecular weight is 379 g/mol. The van der Waals surface area contributed by atoms with Crippen molar-refractivity contribution in [1.29, 1.82) is 0 Å². The third kappa shape index (κ3) is 2.65. The number of aromatic amines is 1. The molecule has 4 atom stereocenters. The molecular formula is C13H13BrClNO5. The molecule has 2 heterocycles. The van der Waals surface area contributed by atoms with E-state index in [4.69, 9.17) is 21.1 Å². The van der Waals surface area contributed by atoms with Crippen LogP contribution in [0.25, 0.3) is 10.9 Å². The van der Waals surface area contributed by atoms with E-state index in [1.807, 2.05) is 6.07 Å². The number of fused-ring (bicyclic) bond motifs is 1. The second-order valence-corrected chi connectivity index (χ2v) is 6.04. The highest BCUT2D eigenvalue weighted by molar-refractivity contribution is 9.10. The predicted molar refractivity (Wildman–Crippen MR) is 79.4 cm³/mol. The molecule has 1 saturated heterocycles. The van der Waals surface area contributed by atoms with E-state index < -0.39 is 24.6 Å². The number of aromatic nitrogens is 1. The van der Waals surface area contributed by atoms with Crippen molar-refractivity contribution in [2.24, 2.45) is 0 Å². The monoisotopic (exact) mass is 377 g/mol. The van der Waals surface area contributed by atoms with Gasteiger partial charge in [-0.25, -0.2) is 0 Å². The maximum atomic E-state index is 9.89. The molecule has 0 spiro atoms. The third-order valence-electron chi connectivity index (χ3n) is 3.40. The molecule has 3 rings (SSSR count). The van der Waals surface area contributed by atoms with Gasteiger partial charge in [0.05, 0.1) is 22.5 Å². The molecule has 1 aromatic carbocycles. The first-order chi connectivity index (χ1) is 9.99. The Labute approximate surface area is 133 Å². The van der Waals surface area contributed by atoms with Crippen molar-refractivity contribution in [2.75, 3.05) is 6.61 Å². The highest BCUT2D eigenvalue weighted by atomic mass is 79.9. The number of aliphatic hydroxyl groups excluding tert-OH is 3. The van der Waals surface area contributed by atoms with Gasteiger partial charge in [0.25, 0.3) is 0 Å². The quantitative estimate of drug-likeness (QED) is 0.634. The van der Waals surface area contributed by atoms with Crippen molar-refractivity contribution in [3.8, 4) is 5.75 Å². The van der Waals surface area contributed by atoms with Gasteiger partial charge in [0.2, 0.25) is 6.29 Å². The summed E-state index contributed by atoms with van der Waals surface area (Å²) < 4.78 is 11.5. The summed E-state index contributed by atoms with van der Waals surface area (Å²) in [7, 11) is 0. The van der Waals surface area contributed by atoms with Gasteiger partial charge in [-0.15, -0.1) is 0 Å². The highest BCUT2D eigenvalue weighted by Gasteiger charge is 2.39. The fraction of sp³-hybridized carbons (Fsp3) is 0.385. The van der Waals surface area contributed by atoms with E-state index in [-0.39, 0.29) is 6.61 Å². The number of hydrogen-bond donors (Lipinski definition) is 4. The van der Waals surface area contributed by atoms with Gasteiger partial charge in [-0.3, -0.25) is 0 Å². The van der Waals surface area contributed by atoms with Crippen LogP contribution >= 0.6 is 27.5 Å². The minimum absolute atomic E-state index is 0.122. The number of ether oxygens (including phenoxy) is 2. The maximum absolute atomic E-state index is 9.89. The van der Waals surface area contributed by atoms with Crippen molar-refractivity contribution in [2.45, 2.75) is 24.6 Å². The van der Waals surface area contributed by atoms with Gasteiger partial charge >= 0.3 is 0 Å². The molecule has 21 heavy (non-hydrogen) atoms. The molecule has 0 radical (unpaired) electrons. The average Bonchev–Trinajstić information content (AvgIpc) is 2.87. The first kappa shape index (κ1) is 15.1. The summed E-state index contributed by atoms with van der Waals surface area (Å²) in [6, 6.07) is 3.63. The molecule has 0 aliphatic carbocycles. The van der Waals surface area contributed by atoms with Crippen LogP contribution < -0.4 is 4.74 Å². The van der Waals surface area contributed by atoms with Gasteiger partial charge in [-0.1, -0.05) is 11.6 Å². The van der Waals surface area contributed by atoms with Crippen molar-refractivity contribution in [1.82, 2.24) is 4.98 Å². The second-order valence-electron chi connectivity index (χ2n) is 4.80. The zero-order chi connectivity index (χ0) is 15.1. The van der Waals surface area contributed by atoms with Crippen LogP contribution in [-0.2, 0) is 4.74 Å². The number of nitrogens with one attached hydrogen (secondary N) is 1. The normalized spacial score (nSPS) is 29.8. The van der Waals surface area contributed by atoms with Crippen LogP contribution in [0.1, 0.15) is 0 Å². The van der Waals surface area contributed by atoms with E-state index in [0.717, 1.165) is 5.52 Å². The molecular weight excluding hydrogens is 366 g/mol. The summed E-state index contributed by atoms with van der Waals surface area (Å²) in [6.07, 6.45) is -3.31. The van der Waals surface area contributed by atoms with Crippen molar-refractivity contribution >= 4 is 38.4 Å². The molecule has 1 aromatic heterocycles. The molecule has 8 heteroatoms. The Morgan fingerprint density at radius 1 is 1.29 bits per heavy atom. The molecule has 1 fully saturated rings. The number of hydrogen-bond acceptors (Lipinski definition) is 5. The van der Waals surface area contributed by atoms with Crippen molar-refractivity contribution < 1.29 is 24.8 Å². The highest BCUT2D eigenvalue weighted by Crippen LogP contribution is 2.37. The topological polar surface area (TPSA) is 94.9 Å². The van der Waals surface area contributed by atoms with Crippen LogP contribution in [-0.4, -0.2) is 51.5 Å². The minimum atomic E-state index is -1.36. The summed E-state index contributed by atoms with van der Waals surface area (Å²) >= 11 is 9.57. The van der Waals surface area contributed by atoms with Gasteiger partial charge in [0.1, 0.15) is 24.1 Å². The summed E-state index contributed by atoms with van der Waals surface area (Å²) in [6.45, 7) is -0.122. The Morgan fingerprint density at radius 3 is 2.81 bits per heavy atom. The molecule has 0 amide bonds. The van der Waals surface area contributed by atoms with E-state index in [1.54, 1.807) is 12.3 Å². The number of aliphatic hydroxyl groups is 3. The summed E-state index contributed by atoms with van der Waals surface area (Å²) in [5.74, 6) is 0.393. The van der Waals surface area contributed by atoms with Gasteiger partial charge in [-0.2, -0.15) is 0 Å². The van der Waals surface area contributed by atoms with Gasteiger partial charge in [0.15, 0.2) is 0 Å². The first-order valence-corrected chi connectivity index (χ1v) is 7.43. The number of halogens is 2. The van der Waals surface area contributed by atoms with Crippen LogP contribution in [0.2, 0.25) is 5.02 Å². The smallest absolute Gasteiger partial charge is 0.229 e. The number of benzene rings is 1. The lowest BCUT2D eigenvalue weighted by Crippen LogP contribution is -2.54. The zero-order valence-electron chi connectivity index (χ0n) is 10.7. The number of H-pyrrole nitrogens is 1. The first-order valence-electron chi connectivity index (χ1n) is 6.26. The van der Waals surface area contributed by atoms with Crippen LogP contribution in [0.15, 0.2) is 22.8 Å². The standard InChI is InChI=1S/C13H13BrClNO5/c14-5-1-2-6-9(10(5)15)8(3-16-6)21-13-12(19)11(18)7(17)4-20-13/h1-3,7,11-13,16-19H,4H2/t7-,11+,12-,13+/m1/s1. The number of rotatable bonds is 2. The lowest BCUT2D eigenvalue weighted by molar-refractivity contribution is -0.241. The summed E-state index contributed by atoms with van der Waals surface area (Å²) in [5, 5.41) is 30.1. The van der Waals surface area contributed by atoms with E-state index in [9.17, 15) is 15.3 Å². The molecule has 4 N–H and O–H groups in total. The van der Waals surface area contributed by atoms with E-state index >= 15 is 0 Å². The Hall–Kier alpha value is -0.830. The fourth-order valence-electron chi connectivity index (χ4n) is 2.23. The predicted octanol–water partition coefficient (Wildman–Crippen LogP) is 1.40. The van der Waals surface area contributed by atoms with E-state index in [1.165, 1.54) is 0 Å².